The molecule has 1 aliphatic heterocycles. The Bertz CT molecular complexity index is 902. The molecule has 3 heterocycles. The summed E-state index contributed by atoms with van der Waals surface area (Å²) in [5, 5.41) is 0.941. The van der Waals surface area contributed by atoms with Crippen LogP contribution in [0.4, 0.5) is 5.13 Å². The Morgan fingerprint density at radius 2 is 1.96 bits per heavy atom. The van der Waals surface area contributed by atoms with Crippen LogP contribution in [0.1, 0.15) is 30.1 Å². The van der Waals surface area contributed by atoms with E-state index in [1.54, 1.807) is 17.4 Å². The van der Waals surface area contributed by atoms with Gasteiger partial charge in [0.05, 0.1) is 17.9 Å². The minimum atomic E-state index is -0.342. The van der Waals surface area contributed by atoms with Gasteiger partial charge in [-0.05, 0) is 25.8 Å². The molecule has 0 bridgehead atoms. The molecule has 4 rings (SSSR count). The highest BCUT2D eigenvalue weighted by atomic mass is 32.1. The Hall–Kier alpha value is -2.47. The van der Waals surface area contributed by atoms with Crippen LogP contribution in [0.3, 0.4) is 0 Å². The molecule has 0 saturated carbocycles. The van der Waals surface area contributed by atoms with Crippen LogP contribution in [0.2, 0.25) is 0 Å². The van der Waals surface area contributed by atoms with Crippen LogP contribution in [0, 0.1) is 0 Å². The zero-order chi connectivity index (χ0) is 17.2. The first-order valence-electron chi connectivity index (χ1n) is 8.55. The van der Waals surface area contributed by atoms with Crippen molar-refractivity contribution in [2.24, 2.45) is 0 Å². The topological polar surface area (TPSA) is 55.3 Å². The normalized spacial score (nSPS) is 14.2. The number of pyridine rings is 1. The molecular formula is C19H19N3O2S. The molecule has 3 aromatic rings. The van der Waals surface area contributed by atoms with Gasteiger partial charge in [0.15, 0.2) is 5.13 Å². The Morgan fingerprint density at radius 3 is 2.68 bits per heavy atom. The van der Waals surface area contributed by atoms with Gasteiger partial charge in [-0.25, -0.2) is 14.8 Å². The number of thiazole rings is 1. The van der Waals surface area contributed by atoms with E-state index in [9.17, 15) is 4.79 Å². The predicted molar refractivity (Wildman–Crippen MR) is 100 cm³/mol. The van der Waals surface area contributed by atoms with Gasteiger partial charge < -0.3 is 9.64 Å². The van der Waals surface area contributed by atoms with Crippen LogP contribution >= 0.6 is 11.3 Å². The molecule has 5 nitrogen and oxygen atoms in total. The number of fused-ring (bicyclic) bond motifs is 1. The van der Waals surface area contributed by atoms with E-state index in [4.69, 9.17) is 14.7 Å². The molecule has 128 valence electrons. The summed E-state index contributed by atoms with van der Waals surface area (Å²) < 4.78 is 5.25. The van der Waals surface area contributed by atoms with Gasteiger partial charge in [-0.3, -0.25) is 0 Å². The number of aromatic nitrogens is 2. The molecule has 1 fully saturated rings. The van der Waals surface area contributed by atoms with Crippen molar-refractivity contribution in [2.75, 3.05) is 24.6 Å². The lowest BCUT2D eigenvalue weighted by molar-refractivity contribution is 0.0528. The number of rotatable bonds is 4. The van der Waals surface area contributed by atoms with Crippen molar-refractivity contribution < 1.29 is 9.53 Å². The highest BCUT2D eigenvalue weighted by Crippen LogP contribution is 2.34. The number of benzene rings is 1. The maximum atomic E-state index is 12.5. The predicted octanol–water partition coefficient (Wildman–Crippen LogP) is 4.14. The third-order valence-corrected chi connectivity index (χ3v) is 5.31. The first-order valence-corrected chi connectivity index (χ1v) is 9.37. The second kappa shape index (κ2) is 6.80. The lowest BCUT2D eigenvalue weighted by Gasteiger charge is -2.11. The minimum absolute atomic E-state index is 0.340. The van der Waals surface area contributed by atoms with E-state index < -0.39 is 0 Å². The summed E-state index contributed by atoms with van der Waals surface area (Å²) >= 11 is 1.55. The van der Waals surface area contributed by atoms with Gasteiger partial charge >= 0.3 is 5.97 Å². The van der Waals surface area contributed by atoms with Crippen molar-refractivity contribution in [2.45, 2.75) is 19.8 Å². The molecule has 0 atom stereocenters. The van der Waals surface area contributed by atoms with Gasteiger partial charge in [0, 0.05) is 18.7 Å². The number of esters is 1. The van der Waals surface area contributed by atoms with E-state index in [0.717, 1.165) is 34.3 Å². The number of anilines is 1. The summed E-state index contributed by atoms with van der Waals surface area (Å²) in [5.41, 5.74) is 2.89. The van der Waals surface area contributed by atoms with E-state index in [-0.39, 0.29) is 5.97 Å². The summed E-state index contributed by atoms with van der Waals surface area (Å²) in [7, 11) is 0. The minimum Gasteiger partial charge on any atom is -0.462 e. The van der Waals surface area contributed by atoms with Gasteiger partial charge in [-0.15, -0.1) is 0 Å². The second-order valence-corrected chi connectivity index (χ2v) is 6.94. The Kier molecular flexibility index (Phi) is 4.36. The highest BCUT2D eigenvalue weighted by molar-refractivity contribution is 7.21. The van der Waals surface area contributed by atoms with Gasteiger partial charge in [-0.1, -0.05) is 41.7 Å². The molecule has 2 aromatic heterocycles. The molecule has 6 heteroatoms. The van der Waals surface area contributed by atoms with Crippen molar-refractivity contribution in [1.29, 1.82) is 0 Å². The third-order valence-electron chi connectivity index (χ3n) is 4.30. The monoisotopic (exact) mass is 353 g/mol. The molecule has 0 aliphatic carbocycles. The lowest BCUT2D eigenvalue weighted by atomic mass is 10.1. The van der Waals surface area contributed by atoms with Crippen LogP contribution in [0.5, 0.6) is 0 Å². The largest absolute Gasteiger partial charge is 0.462 e. The Balaban J connectivity index is 1.86. The number of hydrogen-bond acceptors (Lipinski definition) is 6. The van der Waals surface area contributed by atoms with Gasteiger partial charge in [0.25, 0.3) is 0 Å². The average molecular weight is 353 g/mol. The van der Waals surface area contributed by atoms with Crippen molar-refractivity contribution in [3.63, 3.8) is 0 Å². The summed E-state index contributed by atoms with van der Waals surface area (Å²) in [4.78, 5) is 25.0. The molecule has 1 saturated heterocycles. The van der Waals surface area contributed by atoms with E-state index in [1.165, 1.54) is 12.8 Å². The summed E-state index contributed by atoms with van der Waals surface area (Å²) in [5.74, 6) is -0.342. The van der Waals surface area contributed by atoms with Crippen LogP contribution in [0.15, 0.2) is 36.4 Å². The Labute approximate surface area is 150 Å². The third kappa shape index (κ3) is 3.09. The molecule has 0 radical (unpaired) electrons. The summed E-state index contributed by atoms with van der Waals surface area (Å²) in [6.07, 6.45) is 2.37. The van der Waals surface area contributed by atoms with E-state index >= 15 is 0 Å². The molecule has 0 unspecified atom stereocenters. The van der Waals surface area contributed by atoms with Crippen LogP contribution in [-0.4, -0.2) is 35.6 Å². The first-order chi connectivity index (χ1) is 12.3. The number of carbonyl (C=O) groups is 1. The van der Waals surface area contributed by atoms with Crippen LogP contribution < -0.4 is 4.90 Å². The average Bonchev–Trinajstić information content (AvgIpc) is 3.31. The highest BCUT2D eigenvalue weighted by Gasteiger charge is 2.22. The zero-order valence-electron chi connectivity index (χ0n) is 14.1. The molecule has 0 spiro atoms. The van der Waals surface area contributed by atoms with Crippen molar-refractivity contribution >= 4 is 32.8 Å². The van der Waals surface area contributed by atoms with E-state index in [2.05, 4.69) is 4.90 Å². The standard InChI is InChI=1S/C19H19N3O2S/c1-2-24-18(23)14-12-15(13-8-4-3-5-9-13)20-17-16(14)21-19(25-17)22-10-6-7-11-22/h3-5,8-9,12H,2,6-7,10-11H2,1H3. The second-order valence-electron chi connectivity index (χ2n) is 5.99. The fourth-order valence-electron chi connectivity index (χ4n) is 3.06. The first kappa shape index (κ1) is 16.0. The maximum Gasteiger partial charge on any atom is 0.340 e. The van der Waals surface area contributed by atoms with Crippen molar-refractivity contribution in [1.82, 2.24) is 9.97 Å². The van der Waals surface area contributed by atoms with Gasteiger partial charge in [0.2, 0.25) is 0 Å². The van der Waals surface area contributed by atoms with Crippen molar-refractivity contribution in [3.05, 3.63) is 42.0 Å². The molecule has 25 heavy (non-hydrogen) atoms. The maximum absolute atomic E-state index is 12.5. The Morgan fingerprint density at radius 1 is 1.20 bits per heavy atom. The number of carbonyl (C=O) groups excluding carboxylic acids is 1. The molecular weight excluding hydrogens is 334 g/mol. The van der Waals surface area contributed by atoms with Crippen molar-refractivity contribution in [3.8, 4) is 11.3 Å². The number of hydrogen-bond donors (Lipinski definition) is 0. The number of ether oxygens (including phenoxy) is 1. The molecule has 1 aromatic carbocycles. The SMILES string of the molecule is CCOC(=O)c1cc(-c2ccccc2)nc2sc(N3CCCC3)nc12. The zero-order valence-corrected chi connectivity index (χ0v) is 14.9. The fourth-order valence-corrected chi connectivity index (χ4v) is 4.08. The summed E-state index contributed by atoms with van der Waals surface area (Å²) in [6, 6.07) is 11.7. The summed E-state index contributed by atoms with van der Waals surface area (Å²) in [6.45, 7) is 4.18. The molecule has 0 amide bonds. The quantitative estimate of drug-likeness (QED) is 0.660. The smallest absolute Gasteiger partial charge is 0.340 e. The lowest BCUT2D eigenvalue weighted by Crippen LogP contribution is -2.17. The van der Waals surface area contributed by atoms with Crippen LogP contribution in [0.25, 0.3) is 21.6 Å². The van der Waals surface area contributed by atoms with Crippen LogP contribution in [-0.2, 0) is 4.74 Å². The van der Waals surface area contributed by atoms with E-state index in [0.29, 0.717) is 17.7 Å². The number of nitrogens with zero attached hydrogens (tertiary/aromatic N) is 3. The fraction of sp³-hybridized carbons (Fsp3) is 0.316. The van der Waals surface area contributed by atoms with Gasteiger partial charge in [0.1, 0.15) is 10.3 Å². The molecule has 1 aliphatic rings. The van der Waals surface area contributed by atoms with Gasteiger partial charge in [-0.2, -0.15) is 0 Å². The molecule has 0 N–H and O–H groups in total. The van der Waals surface area contributed by atoms with E-state index in [1.807, 2.05) is 37.3 Å².